The molecular formula is C41H42FN3O7. The number of anilines is 1. The Hall–Kier alpha value is -5.65. The van der Waals surface area contributed by atoms with E-state index in [0.29, 0.717) is 28.1 Å². The van der Waals surface area contributed by atoms with Crippen molar-refractivity contribution < 1.29 is 38.5 Å². The quantitative estimate of drug-likeness (QED) is 0.0734. The molecule has 10 nitrogen and oxygen atoms in total. The van der Waals surface area contributed by atoms with Crippen LogP contribution in [0.5, 0.6) is 0 Å². The number of amides is 1. The molecule has 11 heteroatoms. The molecule has 0 saturated heterocycles. The molecule has 1 amide bonds. The highest BCUT2D eigenvalue weighted by molar-refractivity contribution is 6.12. The smallest absolute Gasteiger partial charge is 0.339 e. The van der Waals surface area contributed by atoms with Crippen LogP contribution in [0.3, 0.4) is 0 Å². The summed E-state index contributed by atoms with van der Waals surface area (Å²) in [7, 11) is 0. The van der Waals surface area contributed by atoms with Gasteiger partial charge in [-0.25, -0.2) is 9.18 Å². The molecule has 0 spiro atoms. The Morgan fingerprint density at radius 2 is 1.50 bits per heavy atom. The molecule has 52 heavy (non-hydrogen) atoms. The summed E-state index contributed by atoms with van der Waals surface area (Å²) in [6.07, 6.45) is 0.378. The maximum atomic E-state index is 14.2. The second-order valence-electron chi connectivity index (χ2n) is 12.6. The predicted molar refractivity (Wildman–Crippen MR) is 195 cm³/mol. The minimum absolute atomic E-state index is 0.109. The summed E-state index contributed by atoms with van der Waals surface area (Å²) >= 11 is 0. The zero-order chi connectivity index (χ0) is 37.0. The summed E-state index contributed by atoms with van der Waals surface area (Å²) < 4.78 is 26.4. The molecule has 2 aromatic heterocycles. The molecule has 3 N–H and O–H groups in total. The van der Waals surface area contributed by atoms with Gasteiger partial charge in [-0.15, -0.1) is 0 Å². The first-order chi connectivity index (χ1) is 25.1. The average Bonchev–Trinajstić information content (AvgIpc) is 3.49. The van der Waals surface area contributed by atoms with Gasteiger partial charge in [-0.2, -0.15) is 0 Å². The fourth-order valence-electron chi connectivity index (χ4n) is 6.11. The van der Waals surface area contributed by atoms with Crippen molar-refractivity contribution >= 4 is 23.5 Å². The zero-order valence-corrected chi connectivity index (χ0v) is 29.1. The van der Waals surface area contributed by atoms with Crippen LogP contribution in [0.4, 0.5) is 10.1 Å². The van der Waals surface area contributed by atoms with Crippen LogP contribution in [0.2, 0.25) is 0 Å². The summed E-state index contributed by atoms with van der Waals surface area (Å²) in [5, 5.41) is 24.8. The number of halogens is 1. The van der Waals surface area contributed by atoms with Gasteiger partial charge in [0.05, 0.1) is 35.4 Å². The van der Waals surface area contributed by atoms with Crippen LogP contribution in [-0.4, -0.2) is 63.0 Å². The van der Waals surface area contributed by atoms with Gasteiger partial charge in [-0.05, 0) is 78.4 Å². The molecular weight excluding hydrogens is 665 g/mol. The lowest BCUT2D eigenvalue weighted by atomic mass is 9.94. The lowest BCUT2D eigenvalue weighted by Crippen LogP contribution is -2.24. The molecule has 0 unspecified atom stereocenters. The number of esters is 2. The first kappa shape index (κ1) is 37.6. The van der Waals surface area contributed by atoms with E-state index in [2.05, 4.69) is 10.3 Å². The Balaban J connectivity index is 1.34. The number of rotatable bonds is 16. The largest absolute Gasteiger partial charge is 0.462 e. The van der Waals surface area contributed by atoms with E-state index in [0.717, 1.165) is 11.3 Å². The van der Waals surface area contributed by atoms with Crippen molar-refractivity contribution in [3.63, 3.8) is 0 Å². The number of pyridine rings is 1. The van der Waals surface area contributed by atoms with Gasteiger partial charge in [0.2, 0.25) is 0 Å². The third kappa shape index (κ3) is 9.77. The van der Waals surface area contributed by atoms with Crippen LogP contribution in [0.15, 0.2) is 109 Å². The first-order valence-corrected chi connectivity index (χ1v) is 17.1. The van der Waals surface area contributed by atoms with Gasteiger partial charge < -0.3 is 29.6 Å². The van der Waals surface area contributed by atoms with Crippen molar-refractivity contribution in [2.45, 2.75) is 57.8 Å². The van der Waals surface area contributed by atoms with E-state index in [1.165, 1.54) is 24.5 Å². The maximum absolute atomic E-state index is 14.2. The van der Waals surface area contributed by atoms with E-state index in [-0.39, 0.29) is 56.4 Å². The molecule has 0 aliphatic rings. The number of carbonyl (C=O) groups is 3. The zero-order valence-electron chi connectivity index (χ0n) is 29.1. The van der Waals surface area contributed by atoms with E-state index in [4.69, 9.17) is 9.47 Å². The Kier molecular flexibility index (Phi) is 13.0. The first-order valence-electron chi connectivity index (χ1n) is 17.1. The van der Waals surface area contributed by atoms with Crippen molar-refractivity contribution in [1.29, 1.82) is 0 Å². The number of hydrogen-bond donors (Lipinski definition) is 3. The third-order valence-corrected chi connectivity index (χ3v) is 8.40. The summed E-state index contributed by atoms with van der Waals surface area (Å²) in [4.78, 5) is 42.5. The average molecular weight is 708 g/mol. The van der Waals surface area contributed by atoms with Crippen LogP contribution in [0.25, 0.3) is 22.4 Å². The molecule has 5 aromatic rings. The standard InChI is InChI=1S/C41H42FN3O7/c1-27(2)38-37(40(49)44-32-13-7-4-8-14-32)36(28-10-5-3-6-11-28)39(29-15-17-31(42)18-16-29)45(38)21-19-33(46)24-34(47)25-35(48)51-22-23-52-41(50)30-12-9-20-43-26-30/h3-18,20,26-27,33-34,46-47H,19,21-25H2,1-2H3,(H,44,49)/t33-,34-/m1/s1. The van der Waals surface area contributed by atoms with Crippen molar-refractivity contribution in [3.05, 3.63) is 132 Å². The van der Waals surface area contributed by atoms with Gasteiger partial charge in [0.15, 0.2) is 0 Å². The number of carbonyl (C=O) groups excluding carboxylic acids is 3. The minimum atomic E-state index is -1.20. The van der Waals surface area contributed by atoms with Crippen molar-refractivity contribution in [2.75, 3.05) is 18.5 Å². The van der Waals surface area contributed by atoms with Gasteiger partial charge in [0, 0.05) is 35.9 Å². The number of ether oxygens (including phenoxy) is 2. The topological polar surface area (TPSA) is 140 Å². The van der Waals surface area contributed by atoms with Crippen LogP contribution in [-0.2, 0) is 20.8 Å². The number of benzene rings is 3. The molecule has 0 saturated carbocycles. The fraction of sp³-hybridized carbons (Fsp3) is 0.268. The van der Waals surface area contributed by atoms with Crippen molar-refractivity contribution in [2.24, 2.45) is 0 Å². The molecule has 2 atom stereocenters. The van der Waals surface area contributed by atoms with Gasteiger partial charge in [-0.1, -0.05) is 62.4 Å². The SMILES string of the molecule is CC(C)c1c(C(=O)Nc2ccccc2)c(-c2ccccc2)c(-c2ccc(F)cc2)n1CC[C@@H](O)C[C@@H](O)CC(=O)OCCOC(=O)c1cccnc1. The molecule has 0 aliphatic carbocycles. The number of aliphatic hydroxyl groups excluding tert-OH is 2. The fourth-order valence-corrected chi connectivity index (χ4v) is 6.11. The maximum Gasteiger partial charge on any atom is 0.339 e. The third-order valence-electron chi connectivity index (χ3n) is 8.40. The molecule has 2 heterocycles. The number of aliphatic hydroxyl groups is 2. The summed E-state index contributed by atoms with van der Waals surface area (Å²) in [6.45, 7) is 3.86. The lowest BCUT2D eigenvalue weighted by Gasteiger charge is -2.20. The molecule has 0 fully saturated rings. The molecule has 270 valence electrons. The van der Waals surface area contributed by atoms with Crippen LogP contribution >= 0.6 is 0 Å². The summed E-state index contributed by atoms with van der Waals surface area (Å²) in [5.74, 6) is -2.16. The van der Waals surface area contributed by atoms with E-state index in [9.17, 15) is 29.0 Å². The Morgan fingerprint density at radius 3 is 2.15 bits per heavy atom. The highest BCUT2D eigenvalue weighted by atomic mass is 19.1. The van der Waals surface area contributed by atoms with E-state index in [1.807, 2.05) is 79.1 Å². The minimum Gasteiger partial charge on any atom is -0.462 e. The number of nitrogens with one attached hydrogen (secondary N) is 1. The van der Waals surface area contributed by atoms with Crippen LogP contribution in [0.1, 0.15) is 65.4 Å². The second-order valence-corrected chi connectivity index (χ2v) is 12.6. The van der Waals surface area contributed by atoms with E-state index < -0.39 is 30.0 Å². The number of nitrogens with zero attached hydrogens (tertiary/aromatic N) is 2. The molecule has 5 rings (SSSR count). The Labute approximate surface area is 301 Å². The second kappa shape index (κ2) is 18.0. The van der Waals surface area contributed by atoms with Gasteiger partial charge in [-0.3, -0.25) is 14.6 Å². The van der Waals surface area contributed by atoms with Crippen molar-refractivity contribution in [3.8, 4) is 22.4 Å². The highest BCUT2D eigenvalue weighted by Crippen LogP contribution is 2.42. The van der Waals surface area contributed by atoms with Crippen LogP contribution in [0, 0.1) is 5.82 Å². The Bertz CT molecular complexity index is 1930. The van der Waals surface area contributed by atoms with E-state index >= 15 is 0 Å². The number of hydrogen-bond acceptors (Lipinski definition) is 8. The van der Waals surface area contributed by atoms with Gasteiger partial charge in [0.1, 0.15) is 19.0 Å². The predicted octanol–water partition coefficient (Wildman–Crippen LogP) is 7.02. The lowest BCUT2D eigenvalue weighted by molar-refractivity contribution is -0.147. The molecule has 0 bridgehead atoms. The summed E-state index contributed by atoms with van der Waals surface area (Å²) in [5.41, 5.74) is 4.94. The van der Waals surface area contributed by atoms with Crippen LogP contribution < -0.4 is 5.32 Å². The van der Waals surface area contributed by atoms with Crippen molar-refractivity contribution in [1.82, 2.24) is 9.55 Å². The number of aromatic nitrogens is 2. The van der Waals surface area contributed by atoms with Gasteiger partial charge >= 0.3 is 11.9 Å². The van der Waals surface area contributed by atoms with E-state index in [1.54, 1.807) is 24.3 Å². The molecule has 3 aromatic carbocycles. The molecule has 0 radical (unpaired) electrons. The Morgan fingerprint density at radius 1 is 0.827 bits per heavy atom. The van der Waals surface area contributed by atoms with Gasteiger partial charge in [0.25, 0.3) is 5.91 Å². The number of para-hydroxylation sites is 1. The summed E-state index contributed by atoms with van der Waals surface area (Å²) in [6, 6.07) is 27.9. The monoisotopic (exact) mass is 707 g/mol. The normalized spacial score (nSPS) is 12.3. The molecule has 0 aliphatic heterocycles. The highest BCUT2D eigenvalue weighted by Gasteiger charge is 2.31.